The van der Waals surface area contributed by atoms with Gasteiger partial charge in [-0.25, -0.2) is 4.79 Å². The summed E-state index contributed by atoms with van der Waals surface area (Å²) in [6, 6.07) is 19.9. The first-order chi connectivity index (χ1) is 9.81. The van der Waals surface area contributed by atoms with Gasteiger partial charge in [0.15, 0.2) is 0 Å². The van der Waals surface area contributed by atoms with Gasteiger partial charge in [0.25, 0.3) is 0 Å². The number of hydrogen-bond donors (Lipinski definition) is 0. The predicted octanol–water partition coefficient (Wildman–Crippen LogP) is 3.96. The molecule has 100 valence electrons. The summed E-state index contributed by atoms with van der Waals surface area (Å²) in [7, 11) is 1.30. The molecular weight excluding hydrogens is 250 g/mol. The highest BCUT2D eigenvalue weighted by Gasteiger charge is 2.03. The Balaban J connectivity index is 2.38. The minimum Gasteiger partial charge on any atom is -0.451 e. The van der Waals surface area contributed by atoms with Crippen LogP contribution in [0.4, 0.5) is 4.79 Å². The average Bonchev–Trinajstić information content (AvgIpc) is 2.53. The number of nitrogens with zero attached hydrogens (tertiary/aromatic N) is 1. The van der Waals surface area contributed by atoms with Crippen LogP contribution in [0.5, 0.6) is 0 Å². The molecule has 0 aliphatic carbocycles. The maximum absolute atomic E-state index is 11.0. The van der Waals surface area contributed by atoms with Crippen LogP contribution in [0, 0.1) is 0 Å². The Morgan fingerprint density at radius 1 is 0.950 bits per heavy atom. The van der Waals surface area contributed by atoms with Gasteiger partial charge < -0.3 is 4.74 Å². The molecule has 1 amide bonds. The summed E-state index contributed by atoms with van der Waals surface area (Å²) in [5.41, 5.74) is 3.13. The molecule has 0 aliphatic heterocycles. The van der Waals surface area contributed by atoms with Crippen LogP contribution in [0.2, 0.25) is 0 Å². The molecule has 0 bridgehead atoms. The summed E-state index contributed by atoms with van der Waals surface area (Å²) in [5.74, 6) is 0. The Labute approximate surface area is 118 Å². The summed E-state index contributed by atoms with van der Waals surface area (Å²) >= 11 is 0. The monoisotopic (exact) mass is 265 g/mol. The molecule has 0 spiro atoms. The lowest BCUT2D eigenvalue weighted by molar-refractivity contribution is 0.183. The van der Waals surface area contributed by atoms with Crippen molar-refractivity contribution >= 4 is 17.9 Å². The average molecular weight is 265 g/mol. The third-order valence-corrected chi connectivity index (χ3v) is 2.77. The van der Waals surface area contributed by atoms with E-state index in [4.69, 9.17) is 0 Å². The third-order valence-electron chi connectivity index (χ3n) is 2.77. The summed E-state index contributed by atoms with van der Waals surface area (Å²) in [5, 5.41) is 0. The van der Waals surface area contributed by atoms with E-state index in [9.17, 15) is 4.79 Å². The normalized spacial score (nSPS) is 10.2. The quantitative estimate of drug-likeness (QED) is 0.788. The Hall–Kier alpha value is -2.68. The van der Waals surface area contributed by atoms with Gasteiger partial charge in [0, 0.05) is 6.21 Å². The molecule has 3 heteroatoms. The molecule has 0 unspecified atom stereocenters. The van der Waals surface area contributed by atoms with E-state index in [2.05, 4.69) is 9.73 Å². The molecule has 0 aliphatic rings. The minimum absolute atomic E-state index is 0.610. The van der Waals surface area contributed by atoms with Gasteiger partial charge in [-0.05, 0) is 22.8 Å². The van der Waals surface area contributed by atoms with Crippen molar-refractivity contribution in [3.05, 3.63) is 77.9 Å². The molecule has 0 aromatic heterocycles. The first-order valence-corrected chi connectivity index (χ1v) is 6.24. The highest BCUT2D eigenvalue weighted by Crippen LogP contribution is 2.22. The molecule has 2 rings (SSSR count). The van der Waals surface area contributed by atoms with Gasteiger partial charge in [0.2, 0.25) is 0 Å². The number of methoxy groups -OCH3 is 1. The first kappa shape index (κ1) is 13.7. The molecule has 0 fully saturated rings. The van der Waals surface area contributed by atoms with Crippen molar-refractivity contribution in [2.24, 2.45) is 4.99 Å². The fraction of sp³-hybridized carbons (Fsp3) is 0.0588. The van der Waals surface area contributed by atoms with Gasteiger partial charge >= 0.3 is 6.09 Å². The van der Waals surface area contributed by atoms with Crippen LogP contribution in [0.25, 0.3) is 5.57 Å². The molecule has 0 saturated heterocycles. The van der Waals surface area contributed by atoms with Crippen LogP contribution in [0.1, 0.15) is 11.1 Å². The van der Waals surface area contributed by atoms with E-state index >= 15 is 0 Å². The van der Waals surface area contributed by atoms with E-state index < -0.39 is 6.09 Å². The lowest BCUT2D eigenvalue weighted by Gasteiger charge is -2.07. The van der Waals surface area contributed by atoms with Crippen molar-refractivity contribution in [3.63, 3.8) is 0 Å². The molecular formula is C17H15NO2. The largest absolute Gasteiger partial charge is 0.451 e. The van der Waals surface area contributed by atoms with Crippen LogP contribution < -0.4 is 0 Å². The van der Waals surface area contributed by atoms with Crippen molar-refractivity contribution in [2.75, 3.05) is 7.11 Å². The van der Waals surface area contributed by atoms with E-state index in [0.29, 0.717) is 0 Å². The number of aliphatic imine (C=N–C) groups is 1. The topological polar surface area (TPSA) is 38.7 Å². The van der Waals surface area contributed by atoms with Gasteiger partial charge in [0.05, 0.1) is 7.11 Å². The summed E-state index contributed by atoms with van der Waals surface area (Å²) in [6.07, 6.45) is 2.66. The third kappa shape index (κ3) is 3.65. The number of allylic oxidation sites excluding steroid dienone is 1. The maximum Gasteiger partial charge on any atom is 0.433 e. The summed E-state index contributed by atoms with van der Waals surface area (Å²) in [4.78, 5) is 14.7. The lowest BCUT2D eigenvalue weighted by atomic mass is 9.98. The van der Waals surface area contributed by atoms with Crippen molar-refractivity contribution in [2.45, 2.75) is 0 Å². The SMILES string of the molecule is COC(=O)/N=C/C=C(c1ccccc1)c1ccccc1. The van der Waals surface area contributed by atoms with Gasteiger partial charge in [-0.1, -0.05) is 60.7 Å². The Bertz CT molecular complexity index is 574. The van der Waals surface area contributed by atoms with E-state index in [-0.39, 0.29) is 0 Å². The van der Waals surface area contributed by atoms with E-state index in [1.807, 2.05) is 66.7 Å². The second kappa shape index (κ2) is 7.04. The van der Waals surface area contributed by atoms with Gasteiger partial charge in [-0.2, -0.15) is 4.99 Å². The number of carbonyl (C=O) groups excluding carboxylic acids is 1. The van der Waals surface area contributed by atoms with Gasteiger partial charge in [-0.15, -0.1) is 0 Å². The van der Waals surface area contributed by atoms with Crippen LogP contribution in [0.15, 0.2) is 71.7 Å². The fourth-order valence-electron chi connectivity index (χ4n) is 1.82. The fourth-order valence-corrected chi connectivity index (χ4v) is 1.82. The number of hydrogen-bond acceptors (Lipinski definition) is 2. The molecule has 2 aromatic rings. The molecule has 20 heavy (non-hydrogen) atoms. The van der Waals surface area contributed by atoms with Crippen molar-refractivity contribution in [3.8, 4) is 0 Å². The summed E-state index contributed by atoms with van der Waals surface area (Å²) < 4.78 is 4.48. The standard InChI is InChI=1S/C17H15NO2/c1-20-17(19)18-13-12-16(14-8-4-2-5-9-14)15-10-6-3-7-11-15/h2-13H,1H3/b18-13+. The Kier molecular flexibility index (Phi) is 4.84. The summed E-state index contributed by atoms with van der Waals surface area (Å²) in [6.45, 7) is 0. The van der Waals surface area contributed by atoms with Crippen LogP contribution in [-0.2, 0) is 4.74 Å². The maximum atomic E-state index is 11.0. The van der Waals surface area contributed by atoms with Crippen LogP contribution >= 0.6 is 0 Å². The number of benzene rings is 2. The highest BCUT2D eigenvalue weighted by atomic mass is 16.5. The number of rotatable bonds is 3. The lowest BCUT2D eigenvalue weighted by Crippen LogP contribution is -1.93. The Morgan fingerprint density at radius 2 is 1.45 bits per heavy atom. The number of carbonyl (C=O) groups is 1. The number of amides is 1. The van der Waals surface area contributed by atoms with E-state index in [0.717, 1.165) is 16.7 Å². The van der Waals surface area contributed by atoms with Crippen molar-refractivity contribution < 1.29 is 9.53 Å². The second-order valence-electron chi connectivity index (χ2n) is 4.06. The zero-order chi connectivity index (χ0) is 14.2. The molecule has 0 heterocycles. The zero-order valence-corrected chi connectivity index (χ0v) is 11.2. The highest BCUT2D eigenvalue weighted by molar-refractivity contribution is 5.94. The van der Waals surface area contributed by atoms with Crippen molar-refractivity contribution in [1.29, 1.82) is 0 Å². The molecule has 2 aromatic carbocycles. The van der Waals surface area contributed by atoms with E-state index in [1.165, 1.54) is 13.3 Å². The van der Waals surface area contributed by atoms with Crippen molar-refractivity contribution in [1.82, 2.24) is 0 Å². The molecule has 0 saturated carbocycles. The van der Waals surface area contributed by atoms with Gasteiger partial charge in [-0.3, -0.25) is 0 Å². The predicted molar refractivity (Wildman–Crippen MR) is 80.9 cm³/mol. The first-order valence-electron chi connectivity index (χ1n) is 6.24. The second-order valence-corrected chi connectivity index (χ2v) is 4.06. The zero-order valence-electron chi connectivity index (χ0n) is 11.2. The molecule has 0 atom stereocenters. The Morgan fingerprint density at radius 3 is 1.90 bits per heavy atom. The smallest absolute Gasteiger partial charge is 0.433 e. The molecule has 0 N–H and O–H groups in total. The van der Waals surface area contributed by atoms with Gasteiger partial charge in [0.1, 0.15) is 0 Å². The minimum atomic E-state index is -0.610. The van der Waals surface area contributed by atoms with Crippen LogP contribution in [-0.4, -0.2) is 19.4 Å². The van der Waals surface area contributed by atoms with Crippen LogP contribution in [0.3, 0.4) is 0 Å². The van der Waals surface area contributed by atoms with E-state index in [1.54, 1.807) is 0 Å². The number of ether oxygens (including phenoxy) is 1. The molecule has 3 nitrogen and oxygen atoms in total. The molecule has 0 radical (unpaired) electrons.